The highest BCUT2D eigenvalue weighted by molar-refractivity contribution is 5.67. The van der Waals surface area contributed by atoms with Crippen LogP contribution in [0.25, 0.3) is 0 Å². The van der Waals surface area contributed by atoms with Gasteiger partial charge >= 0.3 is 23.9 Å². The molecule has 2 heterocycles. The molecule has 10 atom stereocenters. The fourth-order valence-corrected chi connectivity index (χ4v) is 4.14. The molecule has 35 heavy (non-hydrogen) atoms. The van der Waals surface area contributed by atoms with Crippen LogP contribution in [0, 0.1) is 11.8 Å². The van der Waals surface area contributed by atoms with Gasteiger partial charge in [0.2, 0.25) is 6.29 Å². The predicted octanol–water partition coefficient (Wildman–Crippen LogP) is -0.564. The third kappa shape index (κ3) is 7.58. The third-order valence-electron chi connectivity index (χ3n) is 5.80. The average Bonchev–Trinajstić information content (AvgIpc) is 2.75. The lowest BCUT2D eigenvalue weighted by Crippen LogP contribution is -2.62. The van der Waals surface area contributed by atoms with Crippen LogP contribution in [-0.4, -0.2) is 96.5 Å². The Bertz CT molecular complexity index is 768. The summed E-state index contributed by atoms with van der Waals surface area (Å²) >= 11 is 0. The first-order chi connectivity index (χ1) is 16.3. The molecule has 13 nitrogen and oxygen atoms in total. The second-order valence-corrected chi connectivity index (χ2v) is 8.64. The minimum absolute atomic E-state index is 0.304. The molecule has 0 aliphatic carbocycles. The molecule has 2 aliphatic rings. The molecular weight excluding hydrogens is 472 g/mol. The molecule has 0 aromatic rings. The number of aliphatic hydroxyl groups excluding tert-OH is 2. The Hall–Kier alpha value is -2.32. The van der Waals surface area contributed by atoms with Gasteiger partial charge in [-0.15, -0.1) is 0 Å². The molecule has 10 unspecified atom stereocenters. The van der Waals surface area contributed by atoms with Gasteiger partial charge in [-0.05, 0) is 0 Å². The van der Waals surface area contributed by atoms with E-state index in [2.05, 4.69) is 0 Å². The Morgan fingerprint density at radius 3 is 1.71 bits per heavy atom. The Balaban J connectivity index is 2.39. The van der Waals surface area contributed by atoms with E-state index < -0.39 is 91.5 Å². The van der Waals surface area contributed by atoms with Crippen LogP contribution in [0.3, 0.4) is 0 Å². The lowest BCUT2D eigenvalue weighted by Gasteiger charge is -2.48. The molecule has 200 valence electrons. The highest BCUT2D eigenvalue weighted by Gasteiger charge is 2.52. The van der Waals surface area contributed by atoms with Crippen molar-refractivity contribution in [3.05, 3.63) is 0 Å². The van der Waals surface area contributed by atoms with Crippen molar-refractivity contribution in [3.63, 3.8) is 0 Å². The maximum Gasteiger partial charge on any atom is 0.305 e. The van der Waals surface area contributed by atoms with Gasteiger partial charge in [-0.3, -0.25) is 19.2 Å². The largest absolute Gasteiger partial charge is 0.463 e. The Labute approximate surface area is 202 Å². The van der Waals surface area contributed by atoms with Crippen LogP contribution in [0.1, 0.15) is 41.5 Å². The molecule has 13 heteroatoms. The standard InChI is InChI=1S/C22H34O13/c1-9-17(28)15(7-23)33-22(19(9)30-12(4)25)35-18-10(2)20(31-13(5)26)21(32-14(6)27)34-16(18)8-29-11(3)24/h9-10,15-23,28H,7-8H2,1-6H3. The third-order valence-corrected chi connectivity index (χ3v) is 5.80. The van der Waals surface area contributed by atoms with Gasteiger partial charge in [0.1, 0.15) is 18.8 Å². The predicted molar refractivity (Wildman–Crippen MR) is 113 cm³/mol. The summed E-state index contributed by atoms with van der Waals surface area (Å²) in [4.78, 5) is 46.6. The number of carbonyl (C=O) groups is 4. The minimum atomic E-state index is -1.31. The number of carbonyl (C=O) groups excluding carboxylic acids is 4. The number of hydrogen-bond acceptors (Lipinski definition) is 13. The van der Waals surface area contributed by atoms with Gasteiger partial charge in [0.25, 0.3) is 0 Å². The van der Waals surface area contributed by atoms with Crippen LogP contribution < -0.4 is 0 Å². The molecule has 0 spiro atoms. The molecule has 0 aromatic heterocycles. The number of ether oxygens (including phenoxy) is 7. The fourth-order valence-electron chi connectivity index (χ4n) is 4.14. The molecule has 2 N–H and O–H groups in total. The summed E-state index contributed by atoms with van der Waals surface area (Å²) in [5.41, 5.74) is 0. The number of aliphatic hydroxyl groups is 2. The SMILES string of the molecule is CC(=O)OCC1OC(OC(C)=O)C(OC(C)=O)C(C)C1OC1OC(CO)C(O)C(C)C1OC(C)=O. The van der Waals surface area contributed by atoms with Gasteiger partial charge in [-0.2, -0.15) is 0 Å². The van der Waals surface area contributed by atoms with Crippen LogP contribution in [0.2, 0.25) is 0 Å². The van der Waals surface area contributed by atoms with Crippen molar-refractivity contribution in [2.75, 3.05) is 13.2 Å². The summed E-state index contributed by atoms with van der Waals surface area (Å²) in [6.45, 7) is 7.13. The molecule has 0 aromatic carbocycles. The minimum Gasteiger partial charge on any atom is -0.463 e. The van der Waals surface area contributed by atoms with Crippen molar-refractivity contribution in [3.8, 4) is 0 Å². The summed E-state index contributed by atoms with van der Waals surface area (Å²) in [7, 11) is 0. The number of hydrogen-bond donors (Lipinski definition) is 2. The molecule has 0 amide bonds. The summed E-state index contributed by atoms with van der Waals surface area (Å²) in [5, 5.41) is 20.1. The average molecular weight is 507 g/mol. The van der Waals surface area contributed by atoms with Gasteiger partial charge in [-0.1, -0.05) is 13.8 Å². The quantitative estimate of drug-likeness (QED) is 0.317. The fraction of sp³-hybridized carbons (Fsp3) is 0.818. The molecular formula is C22H34O13. The topological polar surface area (TPSA) is 173 Å². The van der Waals surface area contributed by atoms with Gasteiger partial charge in [0.15, 0.2) is 18.5 Å². The van der Waals surface area contributed by atoms with Gasteiger partial charge in [0.05, 0.1) is 18.8 Å². The van der Waals surface area contributed by atoms with E-state index in [1.807, 2.05) is 0 Å². The van der Waals surface area contributed by atoms with Gasteiger partial charge < -0.3 is 43.4 Å². The molecule has 2 fully saturated rings. The normalized spacial score (nSPS) is 37.1. The lowest BCUT2D eigenvalue weighted by molar-refractivity contribution is -0.344. The Morgan fingerprint density at radius 2 is 1.23 bits per heavy atom. The molecule has 0 bridgehead atoms. The van der Waals surface area contributed by atoms with Crippen molar-refractivity contribution < 1.29 is 62.5 Å². The van der Waals surface area contributed by atoms with E-state index in [0.29, 0.717) is 0 Å². The second kappa shape index (κ2) is 12.6. The highest BCUT2D eigenvalue weighted by Crippen LogP contribution is 2.36. The highest BCUT2D eigenvalue weighted by atomic mass is 16.8. The lowest BCUT2D eigenvalue weighted by atomic mass is 9.88. The van der Waals surface area contributed by atoms with Gasteiger partial charge in [0, 0.05) is 39.5 Å². The summed E-state index contributed by atoms with van der Waals surface area (Å²) in [6.07, 6.45) is -8.93. The van der Waals surface area contributed by atoms with Crippen LogP contribution in [-0.2, 0) is 52.3 Å². The van der Waals surface area contributed by atoms with E-state index in [4.69, 9.17) is 33.2 Å². The monoisotopic (exact) mass is 506 g/mol. The van der Waals surface area contributed by atoms with Crippen molar-refractivity contribution in [1.29, 1.82) is 0 Å². The van der Waals surface area contributed by atoms with E-state index >= 15 is 0 Å². The Kier molecular flexibility index (Phi) is 10.4. The number of rotatable bonds is 8. The zero-order valence-electron chi connectivity index (χ0n) is 20.6. The smallest absolute Gasteiger partial charge is 0.305 e. The first-order valence-corrected chi connectivity index (χ1v) is 11.3. The number of esters is 4. The van der Waals surface area contributed by atoms with Crippen LogP contribution in [0.15, 0.2) is 0 Å². The van der Waals surface area contributed by atoms with Crippen molar-refractivity contribution in [2.45, 2.75) is 90.7 Å². The van der Waals surface area contributed by atoms with Crippen LogP contribution in [0.4, 0.5) is 0 Å². The van der Waals surface area contributed by atoms with Crippen LogP contribution in [0.5, 0.6) is 0 Å². The molecule has 2 aliphatic heterocycles. The Morgan fingerprint density at radius 1 is 0.714 bits per heavy atom. The summed E-state index contributed by atoms with van der Waals surface area (Å²) in [6, 6.07) is 0. The molecule has 2 saturated heterocycles. The van der Waals surface area contributed by atoms with E-state index in [1.165, 1.54) is 20.8 Å². The maximum absolute atomic E-state index is 11.8. The van der Waals surface area contributed by atoms with Crippen LogP contribution >= 0.6 is 0 Å². The first-order valence-electron chi connectivity index (χ1n) is 11.3. The zero-order valence-corrected chi connectivity index (χ0v) is 20.6. The second-order valence-electron chi connectivity index (χ2n) is 8.64. The van der Waals surface area contributed by atoms with Crippen molar-refractivity contribution >= 4 is 23.9 Å². The first kappa shape index (κ1) is 28.9. The van der Waals surface area contributed by atoms with E-state index in [9.17, 15) is 29.4 Å². The van der Waals surface area contributed by atoms with Crippen molar-refractivity contribution in [1.82, 2.24) is 0 Å². The molecule has 2 rings (SSSR count). The van der Waals surface area contributed by atoms with E-state index in [1.54, 1.807) is 13.8 Å². The summed E-state index contributed by atoms with van der Waals surface area (Å²) < 4.78 is 38.6. The zero-order chi connectivity index (χ0) is 26.4. The van der Waals surface area contributed by atoms with Gasteiger partial charge in [-0.25, -0.2) is 0 Å². The van der Waals surface area contributed by atoms with E-state index in [-0.39, 0.29) is 6.61 Å². The molecule has 0 radical (unpaired) electrons. The maximum atomic E-state index is 11.8. The molecule has 0 saturated carbocycles. The van der Waals surface area contributed by atoms with Crippen molar-refractivity contribution in [2.24, 2.45) is 11.8 Å². The summed E-state index contributed by atoms with van der Waals surface area (Å²) in [5.74, 6) is -3.98. The van der Waals surface area contributed by atoms with E-state index in [0.717, 1.165) is 6.92 Å².